The molecule has 1 aromatic carbocycles. The Hall–Kier alpha value is -2.64. The maximum Gasteiger partial charge on any atom is 0.239 e. The van der Waals surface area contributed by atoms with Gasteiger partial charge in [-0.25, -0.2) is 0 Å². The lowest BCUT2D eigenvalue weighted by molar-refractivity contribution is -0.120. The number of benzene rings is 1. The third kappa shape index (κ3) is 4.12. The molecule has 162 valence electrons. The first-order valence-electron chi connectivity index (χ1n) is 11.0. The number of ether oxygens (including phenoxy) is 1. The SMILES string of the molecule is O=C(CN1c2ccccc2NC2=C(C(=O)CCC2)[C@@H]1c1cccs1)NC[C@@H]1CCCO1. The van der Waals surface area contributed by atoms with Gasteiger partial charge in [-0.2, -0.15) is 0 Å². The number of anilines is 2. The van der Waals surface area contributed by atoms with E-state index in [2.05, 4.69) is 21.6 Å². The van der Waals surface area contributed by atoms with Crippen LogP contribution in [0.1, 0.15) is 43.0 Å². The normalized spacial score (nSPS) is 23.1. The molecule has 1 aromatic heterocycles. The van der Waals surface area contributed by atoms with E-state index in [1.165, 1.54) is 0 Å². The van der Waals surface area contributed by atoms with E-state index in [1.54, 1.807) is 11.3 Å². The van der Waals surface area contributed by atoms with Crippen LogP contribution in [0.3, 0.4) is 0 Å². The highest BCUT2D eigenvalue weighted by molar-refractivity contribution is 7.10. The fraction of sp³-hybridized carbons (Fsp3) is 0.417. The molecule has 1 aliphatic carbocycles. The second-order valence-electron chi connectivity index (χ2n) is 8.30. The number of fused-ring (bicyclic) bond motifs is 1. The van der Waals surface area contributed by atoms with Crippen molar-refractivity contribution in [1.29, 1.82) is 0 Å². The fourth-order valence-corrected chi connectivity index (χ4v) is 5.61. The minimum atomic E-state index is -0.271. The van der Waals surface area contributed by atoms with Gasteiger partial charge in [0.2, 0.25) is 5.91 Å². The predicted octanol–water partition coefficient (Wildman–Crippen LogP) is 4.02. The van der Waals surface area contributed by atoms with E-state index in [1.807, 2.05) is 35.7 Å². The summed E-state index contributed by atoms with van der Waals surface area (Å²) in [7, 11) is 0. The van der Waals surface area contributed by atoms with Gasteiger partial charge in [0.05, 0.1) is 30.1 Å². The second-order valence-corrected chi connectivity index (χ2v) is 9.28. The monoisotopic (exact) mass is 437 g/mol. The van der Waals surface area contributed by atoms with Crippen LogP contribution < -0.4 is 15.5 Å². The molecule has 6 nitrogen and oxygen atoms in total. The van der Waals surface area contributed by atoms with Crippen molar-refractivity contribution in [3.8, 4) is 0 Å². The number of nitrogens with one attached hydrogen (secondary N) is 2. The number of amides is 1. The van der Waals surface area contributed by atoms with Crippen molar-refractivity contribution >= 4 is 34.4 Å². The number of nitrogens with zero attached hydrogens (tertiary/aromatic N) is 1. The molecule has 2 atom stereocenters. The Balaban J connectivity index is 1.51. The highest BCUT2D eigenvalue weighted by Gasteiger charge is 2.37. The molecule has 3 aliphatic rings. The quantitative estimate of drug-likeness (QED) is 0.739. The third-order valence-corrected chi connectivity index (χ3v) is 7.14. The Morgan fingerprint density at radius 1 is 1.19 bits per heavy atom. The third-order valence-electron chi connectivity index (χ3n) is 6.22. The van der Waals surface area contributed by atoms with Gasteiger partial charge in [-0.05, 0) is 49.3 Å². The molecule has 2 aromatic rings. The zero-order chi connectivity index (χ0) is 21.2. The first-order valence-corrected chi connectivity index (χ1v) is 11.9. The Morgan fingerprint density at radius 2 is 2.10 bits per heavy atom. The van der Waals surface area contributed by atoms with Gasteiger partial charge in [0, 0.05) is 35.7 Å². The van der Waals surface area contributed by atoms with Crippen molar-refractivity contribution in [2.75, 3.05) is 29.9 Å². The number of thiophene rings is 1. The van der Waals surface area contributed by atoms with E-state index >= 15 is 0 Å². The van der Waals surface area contributed by atoms with Gasteiger partial charge in [-0.3, -0.25) is 9.59 Å². The number of Topliss-reactive ketones (excluding diaryl/α,β-unsaturated/α-hetero) is 1. The van der Waals surface area contributed by atoms with E-state index in [0.29, 0.717) is 13.0 Å². The van der Waals surface area contributed by atoms with Crippen molar-refractivity contribution in [2.24, 2.45) is 0 Å². The molecule has 2 N–H and O–H groups in total. The average molecular weight is 438 g/mol. The first kappa shape index (κ1) is 20.3. The van der Waals surface area contributed by atoms with E-state index in [4.69, 9.17) is 4.74 Å². The van der Waals surface area contributed by atoms with Crippen LogP contribution in [-0.4, -0.2) is 37.5 Å². The highest BCUT2D eigenvalue weighted by Crippen LogP contribution is 2.45. The number of hydrogen-bond acceptors (Lipinski definition) is 6. The lowest BCUT2D eigenvalue weighted by Gasteiger charge is -2.34. The van der Waals surface area contributed by atoms with Crippen LogP contribution >= 0.6 is 11.3 Å². The Labute approximate surface area is 186 Å². The van der Waals surface area contributed by atoms with E-state index in [9.17, 15) is 9.59 Å². The van der Waals surface area contributed by atoms with Crippen LogP contribution in [0.5, 0.6) is 0 Å². The number of ketones is 1. The summed E-state index contributed by atoms with van der Waals surface area (Å²) in [6.45, 7) is 1.48. The molecule has 3 heterocycles. The summed E-state index contributed by atoms with van der Waals surface area (Å²) in [6.07, 6.45) is 4.38. The second kappa shape index (κ2) is 8.85. The Kier molecular flexibility index (Phi) is 5.78. The van der Waals surface area contributed by atoms with E-state index in [0.717, 1.165) is 59.8 Å². The minimum absolute atomic E-state index is 0.0563. The van der Waals surface area contributed by atoms with Crippen molar-refractivity contribution in [2.45, 2.75) is 44.2 Å². The summed E-state index contributed by atoms with van der Waals surface area (Å²) in [4.78, 5) is 29.3. The average Bonchev–Trinajstić information content (AvgIpc) is 3.46. The number of allylic oxidation sites excluding steroid dienone is 1. The molecule has 0 unspecified atom stereocenters. The molecule has 0 saturated carbocycles. The smallest absolute Gasteiger partial charge is 0.239 e. The summed E-state index contributed by atoms with van der Waals surface area (Å²) in [5, 5.41) is 8.61. The number of para-hydroxylation sites is 2. The zero-order valence-electron chi connectivity index (χ0n) is 17.4. The topological polar surface area (TPSA) is 70.7 Å². The van der Waals surface area contributed by atoms with Gasteiger partial charge >= 0.3 is 0 Å². The summed E-state index contributed by atoms with van der Waals surface area (Å²) >= 11 is 1.63. The molecule has 2 aliphatic heterocycles. The predicted molar refractivity (Wildman–Crippen MR) is 122 cm³/mol. The number of carbonyl (C=O) groups excluding carboxylic acids is 2. The first-order chi connectivity index (χ1) is 15.2. The highest BCUT2D eigenvalue weighted by atomic mass is 32.1. The van der Waals surface area contributed by atoms with Crippen LogP contribution in [0, 0.1) is 0 Å². The van der Waals surface area contributed by atoms with Crippen molar-refractivity contribution < 1.29 is 14.3 Å². The molecule has 5 rings (SSSR count). The minimum Gasteiger partial charge on any atom is -0.376 e. The molecule has 0 spiro atoms. The maximum atomic E-state index is 13.1. The van der Waals surface area contributed by atoms with Gasteiger partial charge in [-0.1, -0.05) is 18.2 Å². The molecule has 0 bridgehead atoms. The summed E-state index contributed by atoms with van der Waals surface area (Å²) in [5.74, 6) is 0.115. The number of hydrogen-bond donors (Lipinski definition) is 2. The van der Waals surface area contributed by atoms with Gasteiger partial charge in [0.1, 0.15) is 0 Å². The lowest BCUT2D eigenvalue weighted by atomic mass is 9.88. The number of rotatable bonds is 5. The van der Waals surface area contributed by atoms with Crippen molar-refractivity contribution in [3.05, 3.63) is 57.9 Å². The Bertz CT molecular complexity index is 995. The Morgan fingerprint density at radius 3 is 2.90 bits per heavy atom. The van der Waals surface area contributed by atoms with E-state index < -0.39 is 0 Å². The molecular formula is C24H27N3O3S. The van der Waals surface area contributed by atoms with Gasteiger partial charge < -0.3 is 20.3 Å². The van der Waals surface area contributed by atoms with Crippen LogP contribution in [0.15, 0.2) is 53.0 Å². The molecule has 1 saturated heterocycles. The van der Waals surface area contributed by atoms with Crippen LogP contribution in [0.2, 0.25) is 0 Å². The molecule has 1 amide bonds. The summed E-state index contributed by atoms with van der Waals surface area (Å²) in [5.41, 5.74) is 3.67. The van der Waals surface area contributed by atoms with Gasteiger partial charge in [-0.15, -0.1) is 11.3 Å². The number of carbonyl (C=O) groups is 2. The van der Waals surface area contributed by atoms with Crippen LogP contribution in [0.4, 0.5) is 11.4 Å². The summed E-state index contributed by atoms with van der Waals surface area (Å²) < 4.78 is 5.65. The van der Waals surface area contributed by atoms with Gasteiger partial charge in [0.25, 0.3) is 0 Å². The summed E-state index contributed by atoms with van der Waals surface area (Å²) in [6, 6.07) is 11.8. The lowest BCUT2D eigenvalue weighted by Crippen LogP contribution is -2.42. The molecule has 0 radical (unpaired) electrons. The standard InChI is InChI=1S/C24H27N3O3S/c28-20-10-3-8-18-23(20)24(21-11-5-13-31-21)27(19-9-2-1-7-17(19)26-18)15-22(29)25-14-16-6-4-12-30-16/h1-2,5,7,9,11,13,16,24,26H,3-4,6,8,10,12,14-15H2,(H,25,29)/t16-,24-/m0/s1. The van der Waals surface area contributed by atoms with E-state index in [-0.39, 0.29) is 30.4 Å². The van der Waals surface area contributed by atoms with Crippen molar-refractivity contribution in [1.82, 2.24) is 5.32 Å². The molecule has 31 heavy (non-hydrogen) atoms. The zero-order valence-corrected chi connectivity index (χ0v) is 18.2. The van der Waals surface area contributed by atoms with Crippen LogP contribution in [-0.2, 0) is 14.3 Å². The van der Waals surface area contributed by atoms with Crippen molar-refractivity contribution in [3.63, 3.8) is 0 Å². The fourth-order valence-electron chi connectivity index (χ4n) is 4.76. The molecule has 1 fully saturated rings. The van der Waals surface area contributed by atoms with Crippen LogP contribution in [0.25, 0.3) is 0 Å². The van der Waals surface area contributed by atoms with Gasteiger partial charge in [0.15, 0.2) is 5.78 Å². The molecule has 7 heteroatoms. The molecular weight excluding hydrogens is 410 g/mol. The maximum absolute atomic E-state index is 13.1. The largest absolute Gasteiger partial charge is 0.376 e.